The van der Waals surface area contributed by atoms with Gasteiger partial charge in [0.15, 0.2) is 0 Å². The molecule has 0 bridgehead atoms. The Labute approximate surface area is 140 Å². The molecule has 3 N–H and O–H groups in total. The number of aromatic nitrogens is 2. The van der Waals surface area contributed by atoms with Crippen molar-refractivity contribution in [1.82, 2.24) is 20.8 Å². The van der Waals surface area contributed by atoms with E-state index in [9.17, 15) is 4.79 Å². The Hall–Kier alpha value is -2.38. The molecule has 0 saturated carbocycles. The third-order valence-electron chi connectivity index (χ3n) is 4.00. The van der Waals surface area contributed by atoms with Gasteiger partial charge < -0.3 is 20.1 Å². The lowest BCUT2D eigenvalue weighted by atomic mass is 10.1. The number of carbonyl (C=O) groups is 1. The van der Waals surface area contributed by atoms with E-state index in [2.05, 4.69) is 20.8 Å². The number of nitrogens with zero attached hydrogens (tertiary/aromatic N) is 1. The lowest BCUT2D eigenvalue weighted by Gasteiger charge is -2.23. The number of aromatic amines is 1. The Balaban J connectivity index is 1.57. The largest absolute Gasteiger partial charge is 0.497 e. The van der Waals surface area contributed by atoms with Gasteiger partial charge >= 0.3 is 0 Å². The molecule has 24 heavy (non-hydrogen) atoms. The molecule has 1 aromatic heterocycles. The van der Waals surface area contributed by atoms with Gasteiger partial charge in [0.05, 0.1) is 32.2 Å². The van der Waals surface area contributed by atoms with Crippen LogP contribution >= 0.6 is 0 Å². The lowest BCUT2D eigenvalue weighted by molar-refractivity contribution is -0.122. The van der Waals surface area contributed by atoms with E-state index in [1.807, 2.05) is 24.3 Å². The summed E-state index contributed by atoms with van der Waals surface area (Å²) >= 11 is 0. The Kier molecular flexibility index (Phi) is 5.45. The van der Waals surface area contributed by atoms with Gasteiger partial charge in [0.2, 0.25) is 5.91 Å². The van der Waals surface area contributed by atoms with E-state index in [-0.39, 0.29) is 11.9 Å². The number of nitrogens with one attached hydrogen (secondary N) is 3. The molecule has 128 valence electrons. The zero-order valence-corrected chi connectivity index (χ0v) is 13.7. The van der Waals surface area contributed by atoms with E-state index < -0.39 is 0 Å². The van der Waals surface area contributed by atoms with Gasteiger partial charge in [-0.15, -0.1) is 0 Å². The maximum Gasteiger partial charge on any atom is 0.221 e. The molecule has 1 fully saturated rings. The Morgan fingerprint density at radius 3 is 2.96 bits per heavy atom. The Bertz CT molecular complexity index is 663. The average Bonchev–Trinajstić information content (AvgIpc) is 3.09. The monoisotopic (exact) mass is 330 g/mol. The predicted octanol–water partition coefficient (Wildman–Crippen LogP) is 1.08. The molecule has 3 rings (SSSR count). The second-order valence-electron chi connectivity index (χ2n) is 5.71. The molecule has 1 aromatic carbocycles. The standard InChI is InChI=1S/C17H22N4O3/c1-23-15-4-2-12(3-5-15)17-13(10-20-21-17)9-19-16(22)8-14-11-24-7-6-18-14/h2-5,10,14,18H,6-9,11H2,1H3,(H,19,22)(H,20,21)/t14-/m1/s1. The van der Waals surface area contributed by atoms with Gasteiger partial charge in [-0.1, -0.05) is 0 Å². The number of hydrogen-bond donors (Lipinski definition) is 3. The SMILES string of the molecule is COc1ccc(-c2[nH]ncc2CNC(=O)C[C@@H]2COCCN2)cc1. The lowest BCUT2D eigenvalue weighted by Crippen LogP contribution is -2.44. The normalized spacial score (nSPS) is 17.5. The highest BCUT2D eigenvalue weighted by atomic mass is 16.5. The van der Waals surface area contributed by atoms with Gasteiger partial charge in [-0.05, 0) is 24.3 Å². The molecule has 1 atom stereocenters. The summed E-state index contributed by atoms with van der Waals surface area (Å²) in [6.07, 6.45) is 2.15. The van der Waals surface area contributed by atoms with E-state index in [1.165, 1.54) is 0 Å². The quantitative estimate of drug-likeness (QED) is 0.738. The maximum absolute atomic E-state index is 12.1. The molecule has 1 aliphatic heterocycles. The Morgan fingerprint density at radius 1 is 1.42 bits per heavy atom. The third-order valence-corrected chi connectivity index (χ3v) is 4.00. The number of morpholine rings is 1. The molecule has 0 aliphatic carbocycles. The molecular formula is C17H22N4O3. The van der Waals surface area contributed by atoms with Crippen molar-refractivity contribution >= 4 is 5.91 Å². The van der Waals surface area contributed by atoms with E-state index in [0.717, 1.165) is 29.1 Å². The first-order chi connectivity index (χ1) is 11.8. The Morgan fingerprint density at radius 2 is 2.25 bits per heavy atom. The molecule has 1 saturated heterocycles. The van der Waals surface area contributed by atoms with Gasteiger partial charge in [0.25, 0.3) is 0 Å². The van der Waals surface area contributed by atoms with Crippen molar-refractivity contribution in [3.05, 3.63) is 36.0 Å². The molecule has 0 unspecified atom stereocenters. The predicted molar refractivity (Wildman–Crippen MR) is 89.6 cm³/mol. The highest BCUT2D eigenvalue weighted by Gasteiger charge is 2.17. The zero-order chi connectivity index (χ0) is 16.8. The third kappa shape index (κ3) is 4.12. The van der Waals surface area contributed by atoms with Crippen LogP contribution < -0.4 is 15.4 Å². The van der Waals surface area contributed by atoms with Crippen LogP contribution in [-0.2, 0) is 16.1 Å². The minimum Gasteiger partial charge on any atom is -0.497 e. The van der Waals surface area contributed by atoms with Crippen LogP contribution in [-0.4, -0.2) is 49.0 Å². The molecule has 1 amide bonds. The van der Waals surface area contributed by atoms with E-state index in [1.54, 1.807) is 13.3 Å². The fraction of sp³-hybridized carbons (Fsp3) is 0.412. The summed E-state index contributed by atoms with van der Waals surface area (Å²) in [5, 5.41) is 13.3. The van der Waals surface area contributed by atoms with Gasteiger partial charge in [-0.25, -0.2) is 0 Å². The number of ether oxygens (including phenoxy) is 2. The van der Waals surface area contributed by atoms with Crippen molar-refractivity contribution in [2.45, 2.75) is 19.0 Å². The second kappa shape index (κ2) is 7.94. The van der Waals surface area contributed by atoms with Crippen molar-refractivity contribution in [2.75, 3.05) is 26.9 Å². The van der Waals surface area contributed by atoms with Crippen LogP contribution in [0, 0.1) is 0 Å². The second-order valence-corrected chi connectivity index (χ2v) is 5.71. The highest BCUT2D eigenvalue weighted by molar-refractivity contribution is 5.77. The van der Waals surface area contributed by atoms with Gasteiger partial charge in [-0.2, -0.15) is 5.10 Å². The van der Waals surface area contributed by atoms with Crippen molar-refractivity contribution in [2.24, 2.45) is 0 Å². The molecule has 7 nitrogen and oxygen atoms in total. The van der Waals surface area contributed by atoms with Gasteiger partial charge in [0, 0.05) is 36.7 Å². The van der Waals surface area contributed by atoms with Crippen molar-refractivity contribution in [1.29, 1.82) is 0 Å². The summed E-state index contributed by atoms with van der Waals surface area (Å²) in [4.78, 5) is 12.1. The van der Waals surface area contributed by atoms with Crippen LogP contribution in [0.2, 0.25) is 0 Å². The van der Waals surface area contributed by atoms with Crippen molar-refractivity contribution in [3.8, 4) is 17.0 Å². The number of rotatable bonds is 6. The first-order valence-corrected chi connectivity index (χ1v) is 8.01. The first kappa shape index (κ1) is 16.5. The van der Waals surface area contributed by atoms with Gasteiger partial charge in [0.1, 0.15) is 5.75 Å². The van der Waals surface area contributed by atoms with Crippen LogP contribution in [0.5, 0.6) is 5.75 Å². The van der Waals surface area contributed by atoms with Crippen LogP contribution in [0.15, 0.2) is 30.5 Å². The first-order valence-electron chi connectivity index (χ1n) is 8.01. The van der Waals surface area contributed by atoms with Gasteiger partial charge in [-0.3, -0.25) is 9.89 Å². The summed E-state index contributed by atoms with van der Waals surface area (Å²) in [6, 6.07) is 7.80. The topological polar surface area (TPSA) is 88.3 Å². The maximum atomic E-state index is 12.1. The van der Waals surface area contributed by atoms with Crippen LogP contribution in [0.1, 0.15) is 12.0 Å². The number of amides is 1. The minimum atomic E-state index is -0.000110. The fourth-order valence-corrected chi connectivity index (χ4v) is 2.69. The average molecular weight is 330 g/mol. The summed E-state index contributed by atoms with van der Waals surface area (Å²) in [7, 11) is 1.64. The fourth-order valence-electron chi connectivity index (χ4n) is 2.69. The zero-order valence-electron chi connectivity index (χ0n) is 13.7. The number of methoxy groups -OCH3 is 1. The molecule has 0 radical (unpaired) electrons. The number of H-pyrrole nitrogens is 1. The molecule has 7 heteroatoms. The highest BCUT2D eigenvalue weighted by Crippen LogP contribution is 2.23. The summed E-state index contributed by atoms with van der Waals surface area (Å²) < 4.78 is 10.5. The van der Waals surface area contributed by atoms with Crippen LogP contribution in [0.25, 0.3) is 11.3 Å². The number of benzene rings is 1. The van der Waals surface area contributed by atoms with Crippen molar-refractivity contribution < 1.29 is 14.3 Å². The summed E-state index contributed by atoms with van der Waals surface area (Å²) in [5.41, 5.74) is 2.85. The molecule has 2 heterocycles. The van der Waals surface area contributed by atoms with E-state index in [4.69, 9.17) is 9.47 Å². The number of carbonyl (C=O) groups excluding carboxylic acids is 1. The van der Waals surface area contributed by atoms with Crippen LogP contribution in [0.4, 0.5) is 0 Å². The smallest absolute Gasteiger partial charge is 0.221 e. The molecule has 2 aromatic rings. The van der Waals surface area contributed by atoms with Crippen LogP contribution in [0.3, 0.4) is 0 Å². The summed E-state index contributed by atoms with van der Waals surface area (Å²) in [5.74, 6) is 0.801. The number of hydrogen-bond acceptors (Lipinski definition) is 5. The molecule has 0 spiro atoms. The molecular weight excluding hydrogens is 308 g/mol. The van der Waals surface area contributed by atoms with Crippen molar-refractivity contribution in [3.63, 3.8) is 0 Å². The minimum absolute atomic E-state index is 0.000110. The molecule has 1 aliphatic rings. The summed E-state index contributed by atoms with van der Waals surface area (Å²) in [6.45, 7) is 2.51. The van der Waals surface area contributed by atoms with E-state index >= 15 is 0 Å². The van der Waals surface area contributed by atoms with E-state index in [0.29, 0.717) is 26.2 Å².